The molecule has 0 radical (unpaired) electrons. The molecule has 0 aliphatic heterocycles. The van der Waals surface area contributed by atoms with Crippen LogP contribution in [0.5, 0.6) is 0 Å². The Kier molecular flexibility index (Phi) is 17.6. The van der Waals surface area contributed by atoms with Crippen LogP contribution in [0.3, 0.4) is 0 Å². The van der Waals surface area contributed by atoms with E-state index in [0.717, 1.165) is 77.6 Å². The largest absolute Gasteiger partial charge is 0.481 e. The molecule has 0 saturated carbocycles. The highest BCUT2D eigenvalue weighted by Gasteiger charge is 2.37. The van der Waals surface area contributed by atoms with Crippen LogP contribution in [0.1, 0.15) is 105 Å². The Morgan fingerprint density at radius 2 is 1.12 bits per heavy atom. The minimum absolute atomic E-state index is 0.0845. The Hall–Kier alpha value is -1.06. The SMILES string of the molecule is CC(=O)O.CCCCOC(=O)C(CCCC)(CCCC)CCCC. The minimum Gasteiger partial charge on any atom is -0.481 e. The molecule has 4 heteroatoms. The summed E-state index contributed by atoms with van der Waals surface area (Å²) in [5, 5.41) is 7.42. The smallest absolute Gasteiger partial charge is 0.312 e. The molecule has 0 aromatic rings. The van der Waals surface area contributed by atoms with Gasteiger partial charge in [0.25, 0.3) is 5.97 Å². The number of hydrogen-bond acceptors (Lipinski definition) is 3. The molecular weight excluding hydrogens is 304 g/mol. The molecule has 0 atom stereocenters. The normalized spacial score (nSPS) is 10.7. The molecule has 0 rings (SSSR count). The standard InChI is InChI=1S/C18H36O2.C2H4O2/c1-5-9-13-18(14-10-6-2,15-11-7-3)17(19)20-16-12-8-4;1-2(3)4/h5-16H2,1-4H3;1H3,(H,3,4). The lowest BCUT2D eigenvalue weighted by Gasteiger charge is -2.32. The molecule has 0 heterocycles. The van der Waals surface area contributed by atoms with Crippen LogP contribution in [-0.4, -0.2) is 23.7 Å². The molecule has 0 aromatic heterocycles. The molecule has 1 N–H and O–H groups in total. The van der Waals surface area contributed by atoms with Crippen molar-refractivity contribution in [2.24, 2.45) is 5.41 Å². The number of carboxylic acid groups (broad SMARTS) is 1. The Morgan fingerprint density at radius 3 is 1.42 bits per heavy atom. The fourth-order valence-corrected chi connectivity index (χ4v) is 2.69. The van der Waals surface area contributed by atoms with Crippen molar-refractivity contribution < 1.29 is 19.4 Å². The lowest BCUT2D eigenvalue weighted by atomic mass is 9.74. The first-order valence-corrected chi connectivity index (χ1v) is 9.76. The van der Waals surface area contributed by atoms with Gasteiger partial charge in [0.2, 0.25) is 0 Å². The molecule has 0 amide bonds. The van der Waals surface area contributed by atoms with Gasteiger partial charge in [-0.2, -0.15) is 0 Å². The van der Waals surface area contributed by atoms with Crippen LogP contribution in [0.4, 0.5) is 0 Å². The maximum atomic E-state index is 12.6. The number of hydrogen-bond donors (Lipinski definition) is 1. The molecule has 0 spiro atoms. The summed E-state index contributed by atoms with van der Waals surface area (Å²) in [6.45, 7) is 10.4. The van der Waals surface area contributed by atoms with Crippen LogP contribution in [0.25, 0.3) is 0 Å². The lowest BCUT2D eigenvalue weighted by molar-refractivity contribution is -0.158. The van der Waals surface area contributed by atoms with Crippen LogP contribution in [0, 0.1) is 5.41 Å². The van der Waals surface area contributed by atoms with Gasteiger partial charge in [0.1, 0.15) is 0 Å². The second-order valence-corrected chi connectivity index (χ2v) is 6.60. The molecule has 24 heavy (non-hydrogen) atoms. The minimum atomic E-state index is -0.833. The molecule has 4 nitrogen and oxygen atoms in total. The Labute approximate surface area is 149 Å². The van der Waals surface area contributed by atoms with Gasteiger partial charge in [-0.1, -0.05) is 72.6 Å². The van der Waals surface area contributed by atoms with E-state index in [9.17, 15) is 4.79 Å². The van der Waals surface area contributed by atoms with Gasteiger partial charge in [-0.05, 0) is 25.7 Å². The Morgan fingerprint density at radius 1 is 0.792 bits per heavy atom. The summed E-state index contributed by atoms with van der Waals surface area (Å²) in [5.74, 6) is -0.749. The number of carbonyl (C=O) groups excluding carboxylic acids is 1. The summed E-state index contributed by atoms with van der Waals surface area (Å²) in [6, 6.07) is 0. The summed E-state index contributed by atoms with van der Waals surface area (Å²) < 4.78 is 5.60. The first kappa shape index (κ1) is 25.2. The highest BCUT2D eigenvalue weighted by atomic mass is 16.5. The van der Waals surface area contributed by atoms with Crippen molar-refractivity contribution in [2.75, 3.05) is 6.61 Å². The molecule has 0 bridgehead atoms. The van der Waals surface area contributed by atoms with Gasteiger partial charge in [-0.15, -0.1) is 0 Å². The predicted octanol–water partition coefficient (Wildman–Crippen LogP) is 5.98. The number of aliphatic carboxylic acids is 1. The van der Waals surface area contributed by atoms with Crippen molar-refractivity contribution >= 4 is 11.9 Å². The molecule has 144 valence electrons. The first-order valence-electron chi connectivity index (χ1n) is 9.76. The molecule has 0 unspecified atom stereocenters. The fraction of sp³-hybridized carbons (Fsp3) is 0.900. The number of carbonyl (C=O) groups is 2. The molecule has 0 aliphatic carbocycles. The maximum absolute atomic E-state index is 12.6. The summed E-state index contributed by atoms with van der Waals surface area (Å²) in [7, 11) is 0. The van der Waals surface area contributed by atoms with E-state index in [1.807, 2.05) is 0 Å². The van der Waals surface area contributed by atoms with Crippen molar-refractivity contribution in [3.8, 4) is 0 Å². The van der Waals surface area contributed by atoms with Crippen LogP contribution >= 0.6 is 0 Å². The highest BCUT2D eigenvalue weighted by molar-refractivity contribution is 5.76. The highest BCUT2D eigenvalue weighted by Crippen LogP contribution is 2.38. The number of ether oxygens (including phenoxy) is 1. The zero-order valence-electron chi connectivity index (χ0n) is 16.7. The molecule has 0 saturated heterocycles. The Bertz CT molecular complexity index is 287. The predicted molar refractivity (Wildman–Crippen MR) is 100 cm³/mol. The van der Waals surface area contributed by atoms with E-state index in [0.29, 0.717) is 6.61 Å². The van der Waals surface area contributed by atoms with Gasteiger partial charge in [0, 0.05) is 6.92 Å². The van der Waals surface area contributed by atoms with Crippen molar-refractivity contribution in [2.45, 2.75) is 105 Å². The third-order valence-corrected chi connectivity index (χ3v) is 4.19. The van der Waals surface area contributed by atoms with Crippen molar-refractivity contribution in [1.82, 2.24) is 0 Å². The maximum Gasteiger partial charge on any atom is 0.312 e. The zero-order chi connectivity index (χ0) is 18.8. The van der Waals surface area contributed by atoms with E-state index >= 15 is 0 Å². The van der Waals surface area contributed by atoms with Crippen LogP contribution in [0.15, 0.2) is 0 Å². The number of carboxylic acids is 1. The van der Waals surface area contributed by atoms with E-state index in [1.54, 1.807) is 0 Å². The van der Waals surface area contributed by atoms with Gasteiger partial charge in [-0.3, -0.25) is 9.59 Å². The second kappa shape index (κ2) is 16.8. The molecular formula is C20H40O4. The summed E-state index contributed by atoms with van der Waals surface area (Å²) in [5.41, 5.74) is -0.199. The van der Waals surface area contributed by atoms with Crippen molar-refractivity contribution in [3.63, 3.8) is 0 Å². The van der Waals surface area contributed by atoms with Gasteiger partial charge in [0.05, 0.1) is 12.0 Å². The average molecular weight is 345 g/mol. The van der Waals surface area contributed by atoms with Crippen molar-refractivity contribution in [1.29, 1.82) is 0 Å². The van der Waals surface area contributed by atoms with Gasteiger partial charge >= 0.3 is 5.97 Å². The van der Waals surface area contributed by atoms with E-state index in [4.69, 9.17) is 14.6 Å². The molecule has 0 aromatic carbocycles. The van der Waals surface area contributed by atoms with Crippen LogP contribution < -0.4 is 0 Å². The zero-order valence-corrected chi connectivity index (χ0v) is 16.7. The number of rotatable bonds is 13. The quantitative estimate of drug-likeness (QED) is 0.330. The summed E-state index contributed by atoms with van der Waals surface area (Å²) >= 11 is 0. The Balaban J connectivity index is 0. The topological polar surface area (TPSA) is 63.6 Å². The third kappa shape index (κ3) is 13.4. The van der Waals surface area contributed by atoms with E-state index in [2.05, 4.69) is 27.7 Å². The average Bonchev–Trinajstić information content (AvgIpc) is 2.54. The van der Waals surface area contributed by atoms with Gasteiger partial charge in [0.15, 0.2) is 0 Å². The van der Waals surface area contributed by atoms with E-state index < -0.39 is 5.97 Å². The van der Waals surface area contributed by atoms with Crippen LogP contribution in [-0.2, 0) is 14.3 Å². The molecule has 0 fully saturated rings. The fourth-order valence-electron chi connectivity index (χ4n) is 2.69. The number of esters is 1. The number of unbranched alkanes of at least 4 members (excludes halogenated alkanes) is 4. The third-order valence-electron chi connectivity index (χ3n) is 4.19. The first-order chi connectivity index (χ1) is 11.4. The lowest BCUT2D eigenvalue weighted by Crippen LogP contribution is -2.33. The second-order valence-electron chi connectivity index (χ2n) is 6.60. The summed E-state index contributed by atoms with van der Waals surface area (Å²) in [6.07, 6.45) is 12.0. The molecule has 0 aliphatic rings. The van der Waals surface area contributed by atoms with E-state index in [1.165, 1.54) is 0 Å². The van der Waals surface area contributed by atoms with Gasteiger partial charge < -0.3 is 9.84 Å². The van der Waals surface area contributed by atoms with Crippen LogP contribution in [0.2, 0.25) is 0 Å². The summed E-state index contributed by atoms with van der Waals surface area (Å²) in [4.78, 5) is 21.6. The monoisotopic (exact) mass is 344 g/mol. The van der Waals surface area contributed by atoms with Crippen molar-refractivity contribution in [3.05, 3.63) is 0 Å². The van der Waals surface area contributed by atoms with E-state index in [-0.39, 0.29) is 11.4 Å². The van der Waals surface area contributed by atoms with Gasteiger partial charge in [-0.25, -0.2) is 0 Å².